The minimum absolute atomic E-state index is 0.0218. The highest BCUT2D eigenvalue weighted by molar-refractivity contribution is 7.98. The van der Waals surface area contributed by atoms with E-state index in [9.17, 15) is 4.79 Å². The molecule has 28 heavy (non-hydrogen) atoms. The fourth-order valence-corrected chi connectivity index (χ4v) is 5.08. The molecule has 0 spiro atoms. The van der Waals surface area contributed by atoms with E-state index in [4.69, 9.17) is 16.6 Å². The lowest BCUT2D eigenvalue weighted by atomic mass is 10.2. The van der Waals surface area contributed by atoms with Gasteiger partial charge in [-0.15, -0.1) is 11.8 Å². The SMILES string of the molecule is CSc1cccc2sc(N3CCN(C(=O)/C=C/c4ccccc4Cl)CC3)nc12. The average Bonchev–Trinajstić information content (AvgIpc) is 3.17. The predicted octanol–water partition coefficient (Wildman–Crippen LogP) is 5.03. The van der Waals surface area contributed by atoms with E-state index in [1.165, 1.54) is 9.60 Å². The van der Waals surface area contributed by atoms with Crippen LogP contribution in [0.25, 0.3) is 16.3 Å². The first kappa shape index (κ1) is 19.3. The van der Waals surface area contributed by atoms with Crippen LogP contribution in [0.5, 0.6) is 0 Å². The number of thioether (sulfide) groups is 1. The standard InChI is InChI=1S/C21H20ClN3OS2/c1-27-17-7-4-8-18-20(17)23-21(28-18)25-13-11-24(12-14-25)19(26)10-9-15-5-2-3-6-16(15)22/h2-10H,11-14H2,1H3/b10-9+. The molecule has 0 unspecified atom stereocenters. The molecule has 144 valence electrons. The van der Waals surface area contributed by atoms with Crippen LogP contribution < -0.4 is 4.90 Å². The number of hydrogen-bond donors (Lipinski definition) is 0. The summed E-state index contributed by atoms with van der Waals surface area (Å²) in [6.07, 6.45) is 5.47. The van der Waals surface area contributed by atoms with E-state index in [0.717, 1.165) is 29.3 Å². The number of benzene rings is 2. The monoisotopic (exact) mass is 429 g/mol. The van der Waals surface area contributed by atoms with Gasteiger partial charge in [-0.05, 0) is 36.1 Å². The Kier molecular flexibility index (Phi) is 5.90. The van der Waals surface area contributed by atoms with Crippen molar-refractivity contribution >= 4 is 62.0 Å². The van der Waals surface area contributed by atoms with Crippen LogP contribution in [0.15, 0.2) is 53.4 Å². The molecule has 0 atom stereocenters. The third-order valence-corrected chi connectivity index (χ3v) is 6.96. The molecule has 1 fully saturated rings. The Morgan fingerprint density at radius 3 is 2.68 bits per heavy atom. The summed E-state index contributed by atoms with van der Waals surface area (Å²) in [7, 11) is 0. The van der Waals surface area contributed by atoms with Crippen molar-refractivity contribution in [3.8, 4) is 0 Å². The van der Waals surface area contributed by atoms with Crippen molar-refractivity contribution in [1.29, 1.82) is 0 Å². The van der Waals surface area contributed by atoms with Gasteiger partial charge in [0, 0.05) is 42.2 Å². The van der Waals surface area contributed by atoms with Gasteiger partial charge >= 0.3 is 0 Å². The average molecular weight is 430 g/mol. The van der Waals surface area contributed by atoms with Gasteiger partial charge in [-0.25, -0.2) is 4.98 Å². The van der Waals surface area contributed by atoms with Crippen LogP contribution in [-0.2, 0) is 4.79 Å². The lowest BCUT2D eigenvalue weighted by Gasteiger charge is -2.34. The van der Waals surface area contributed by atoms with Crippen molar-refractivity contribution in [1.82, 2.24) is 9.88 Å². The van der Waals surface area contributed by atoms with Crippen molar-refractivity contribution in [3.05, 3.63) is 59.1 Å². The first-order valence-corrected chi connectivity index (χ1v) is 11.5. The number of carbonyl (C=O) groups is 1. The molecule has 1 aromatic heterocycles. The Hall–Kier alpha value is -2.02. The molecule has 7 heteroatoms. The Morgan fingerprint density at radius 2 is 1.93 bits per heavy atom. The predicted molar refractivity (Wildman–Crippen MR) is 121 cm³/mol. The van der Waals surface area contributed by atoms with E-state index < -0.39 is 0 Å². The molecule has 1 aliphatic rings. The second-order valence-electron chi connectivity index (χ2n) is 6.47. The maximum Gasteiger partial charge on any atom is 0.246 e. The van der Waals surface area contributed by atoms with E-state index in [1.54, 1.807) is 35.3 Å². The summed E-state index contributed by atoms with van der Waals surface area (Å²) < 4.78 is 1.21. The normalized spacial score (nSPS) is 14.9. The number of aromatic nitrogens is 1. The second-order valence-corrected chi connectivity index (χ2v) is 8.74. The zero-order valence-corrected chi connectivity index (χ0v) is 17.9. The molecule has 4 nitrogen and oxygen atoms in total. The quantitative estimate of drug-likeness (QED) is 0.430. The molecule has 1 aliphatic heterocycles. The molecule has 0 saturated carbocycles. The van der Waals surface area contributed by atoms with Crippen LogP contribution in [0.4, 0.5) is 5.13 Å². The number of thiazole rings is 1. The molecule has 2 heterocycles. The fourth-order valence-electron chi connectivity index (χ4n) is 3.21. The molecular weight excluding hydrogens is 410 g/mol. The van der Waals surface area contributed by atoms with Crippen LogP contribution >= 0.6 is 34.7 Å². The third-order valence-electron chi connectivity index (χ3n) is 4.76. The molecule has 0 N–H and O–H groups in total. The number of fused-ring (bicyclic) bond motifs is 1. The number of anilines is 1. The van der Waals surface area contributed by atoms with Gasteiger partial charge in [-0.2, -0.15) is 0 Å². The van der Waals surface area contributed by atoms with Crippen molar-refractivity contribution < 1.29 is 4.79 Å². The van der Waals surface area contributed by atoms with E-state index in [0.29, 0.717) is 18.1 Å². The number of carbonyl (C=O) groups excluding carboxylic acids is 1. The summed E-state index contributed by atoms with van der Waals surface area (Å²) in [6, 6.07) is 13.8. The Morgan fingerprint density at radius 1 is 1.14 bits per heavy atom. The Bertz CT molecular complexity index is 1030. The summed E-state index contributed by atoms with van der Waals surface area (Å²) in [5.74, 6) is 0.0218. The van der Waals surface area contributed by atoms with Crippen LogP contribution in [-0.4, -0.2) is 48.2 Å². The third kappa shape index (κ3) is 4.04. The maximum atomic E-state index is 12.5. The first-order chi connectivity index (χ1) is 13.7. The van der Waals surface area contributed by atoms with Gasteiger partial charge in [0.2, 0.25) is 5.91 Å². The second kappa shape index (κ2) is 8.55. The molecule has 1 amide bonds. The number of halogens is 1. The van der Waals surface area contributed by atoms with Crippen molar-refractivity contribution in [2.75, 3.05) is 37.3 Å². The van der Waals surface area contributed by atoms with Crippen LogP contribution in [0, 0.1) is 0 Å². The van der Waals surface area contributed by atoms with Crippen molar-refractivity contribution in [2.45, 2.75) is 4.90 Å². The van der Waals surface area contributed by atoms with Gasteiger partial charge in [-0.1, -0.05) is 47.2 Å². The largest absolute Gasteiger partial charge is 0.345 e. The van der Waals surface area contributed by atoms with E-state index in [-0.39, 0.29) is 5.91 Å². The summed E-state index contributed by atoms with van der Waals surface area (Å²) >= 11 is 9.59. The van der Waals surface area contributed by atoms with Crippen LogP contribution in [0.2, 0.25) is 5.02 Å². The van der Waals surface area contributed by atoms with Crippen molar-refractivity contribution in [2.24, 2.45) is 0 Å². The lowest BCUT2D eigenvalue weighted by Crippen LogP contribution is -2.48. The van der Waals surface area contributed by atoms with Crippen LogP contribution in [0.1, 0.15) is 5.56 Å². The molecule has 2 aromatic carbocycles. The summed E-state index contributed by atoms with van der Waals surface area (Å²) in [5.41, 5.74) is 1.94. The van der Waals surface area contributed by atoms with Gasteiger partial charge in [0.05, 0.1) is 10.2 Å². The summed E-state index contributed by atoms with van der Waals surface area (Å²) in [5, 5.41) is 1.69. The highest BCUT2D eigenvalue weighted by Gasteiger charge is 2.22. The molecule has 1 saturated heterocycles. The molecular formula is C21H20ClN3OS2. The fraction of sp³-hybridized carbons (Fsp3) is 0.238. The van der Waals surface area contributed by atoms with Crippen LogP contribution in [0.3, 0.4) is 0 Å². The van der Waals surface area contributed by atoms with E-state index in [2.05, 4.69) is 29.4 Å². The number of nitrogens with zero attached hydrogens (tertiary/aromatic N) is 3. The number of piperazine rings is 1. The lowest BCUT2D eigenvalue weighted by molar-refractivity contribution is -0.126. The van der Waals surface area contributed by atoms with Crippen molar-refractivity contribution in [3.63, 3.8) is 0 Å². The molecule has 0 bridgehead atoms. The number of amides is 1. The highest BCUT2D eigenvalue weighted by Crippen LogP contribution is 2.34. The first-order valence-electron chi connectivity index (χ1n) is 9.06. The van der Waals surface area contributed by atoms with Gasteiger partial charge in [0.1, 0.15) is 0 Å². The van der Waals surface area contributed by atoms with E-state index in [1.807, 2.05) is 29.2 Å². The van der Waals surface area contributed by atoms with Gasteiger partial charge in [-0.3, -0.25) is 4.79 Å². The van der Waals surface area contributed by atoms with Gasteiger partial charge < -0.3 is 9.80 Å². The smallest absolute Gasteiger partial charge is 0.246 e. The van der Waals surface area contributed by atoms with E-state index >= 15 is 0 Å². The molecule has 0 aliphatic carbocycles. The number of hydrogen-bond acceptors (Lipinski definition) is 5. The summed E-state index contributed by atoms with van der Waals surface area (Å²) in [6.45, 7) is 2.97. The maximum absolute atomic E-state index is 12.5. The van der Waals surface area contributed by atoms with Gasteiger partial charge in [0.25, 0.3) is 0 Å². The Labute approximate surface area is 177 Å². The minimum atomic E-state index is 0.0218. The molecule has 3 aromatic rings. The molecule has 4 rings (SSSR count). The number of para-hydroxylation sites is 1. The summed E-state index contributed by atoms with van der Waals surface area (Å²) in [4.78, 5) is 22.7. The molecule has 0 radical (unpaired) electrons. The number of rotatable bonds is 4. The zero-order valence-electron chi connectivity index (χ0n) is 15.5. The highest BCUT2D eigenvalue weighted by atomic mass is 35.5. The minimum Gasteiger partial charge on any atom is -0.345 e. The topological polar surface area (TPSA) is 36.4 Å². The van der Waals surface area contributed by atoms with Gasteiger partial charge in [0.15, 0.2) is 5.13 Å². The Balaban J connectivity index is 1.40. The zero-order chi connectivity index (χ0) is 19.5.